The van der Waals surface area contributed by atoms with Crippen molar-refractivity contribution in [2.24, 2.45) is 0 Å². The van der Waals surface area contributed by atoms with Gasteiger partial charge in [0.25, 0.3) is 5.91 Å². The molecular weight excluding hydrogens is 434 g/mol. The number of carbonyl (C=O) groups is 1. The maximum atomic E-state index is 13.0. The molecule has 1 aliphatic heterocycles. The summed E-state index contributed by atoms with van der Waals surface area (Å²) in [6.07, 6.45) is 0. The van der Waals surface area contributed by atoms with Crippen molar-refractivity contribution in [2.75, 3.05) is 36.5 Å². The van der Waals surface area contributed by atoms with Gasteiger partial charge in [-0.15, -0.1) is 0 Å². The lowest BCUT2D eigenvalue weighted by molar-refractivity contribution is 0.102. The highest BCUT2D eigenvalue weighted by Crippen LogP contribution is 2.32. The van der Waals surface area contributed by atoms with Gasteiger partial charge in [-0.25, -0.2) is 9.67 Å². The van der Waals surface area contributed by atoms with E-state index in [1.807, 2.05) is 48.5 Å². The molecule has 31 heavy (non-hydrogen) atoms. The zero-order valence-corrected chi connectivity index (χ0v) is 18.4. The fraction of sp³-hybridized carbons (Fsp3) is 0.227. The molecule has 9 heteroatoms. The van der Waals surface area contributed by atoms with Gasteiger partial charge in [0.05, 0.1) is 34.8 Å². The summed E-state index contributed by atoms with van der Waals surface area (Å²) in [5, 5.41) is 8.67. The van der Waals surface area contributed by atoms with Crippen molar-refractivity contribution in [3.8, 4) is 5.69 Å². The third kappa shape index (κ3) is 3.89. The number of benzene rings is 2. The number of anilines is 2. The first kappa shape index (κ1) is 20.0. The lowest BCUT2D eigenvalue weighted by Gasteiger charge is -2.25. The molecule has 1 aliphatic rings. The summed E-state index contributed by atoms with van der Waals surface area (Å²) in [5.74, 6) is -0.290. The van der Waals surface area contributed by atoms with Gasteiger partial charge in [-0.2, -0.15) is 5.10 Å². The Bertz CT molecular complexity index is 1250. The van der Waals surface area contributed by atoms with Crippen LogP contribution in [0.25, 0.3) is 15.9 Å². The molecule has 0 saturated carbocycles. The number of carbonyl (C=O) groups excluding carboxylic acids is 1. The fourth-order valence-electron chi connectivity index (χ4n) is 3.57. The Kier molecular flexibility index (Phi) is 5.35. The van der Waals surface area contributed by atoms with Gasteiger partial charge in [-0.1, -0.05) is 41.1 Å². The smallest absolute Gasteiger partial charge is 0.260 e. The highest BCUT2D eigenvalue weighted by molar-refractivity contribution is 7.22. The molecule has 1 N–H and O–H groups in total. The monoisotopic (exact) mass is 453 g/mol. The first-order chi connectivity index (χ1) is 15.1. The molecule has 1 saturated heterocycles. The number of halogens is 1. The summed E-state index contributed by atoms with van der Waals surface area (Å²) < 4.78 is 8.01. The van der Waals surface area contributed by atoms with Crippen molar-refractivity contribution in [1.29, 1.82) is 0 Å². The number of thiazole rings is 1. The zero-order chi connectivity index (χ0) is 21.4. The highest BCUT2D eigenvalue weighted by Gasteiger charge is 2.22. The largest absolute Gasteiger partial charge is 0.378 e. The number of para-hydroxylation sites is 1. The molecule has 0 atom stereocenters. The van der Waals surface area contributed by atoms with E-state index in [0.29, 0.717) is 30.2 Å². The van der Waals surface area contributed by atoms with Crippen LogP contribution in [0.1, 0.15) is 16.1 Å². The molecule has 3 heterocycles. The van der Waals surface area contributed by atoms with Gasteiger partial charge >= 0.3 is 0 Å². The number of aryl methyl sites for hydroxylation is 1. The maximum absolute atomic E-state index is 13.0. The summed E-state index contributed by atoms with van der Waals surface area (Å²) in [7, 11) is 0. The summed E-state index contributed by atoms with van der Waals surface area (Å²) in [5.41, 5.74) is 3.34. The van der Waals surface area contributed by atoms with Gasteiger partial charge < -0.3 is 15.0 Å². The molecule has 0 unspecified atom stereocenters. The van der Waals surface area contributed by atoms with Crippen LogP contribution >= 0.6 is 22.9 Å². The Morgan fingerprint density at radius 3 is 2.71 bits per heavy atom. The molecule has 2 aromatic heterocycles. The Labute approximate surface area is 188 Å². The van der Waals surface area contributed by atoms with Gasteiger partial charge in [0.2, 0.25) is 0 Å². The zero-order valence-electron chi connectivity index (χ0n) is 16.8. The van der Waals surface area contributed by atoms with Gasteiger partial charge in [0.1, 0.15) is 10.7 Å². The summed E-state index contributed by atoms with van der Waals surface area (Å²) in [6.45, 7) is 4.89. The van der Waals surface area contributed by atoms with Crippen LogP contribution in [0.4, 0.5) is 10.8 Å². The minimum Gasteiger partial charge on any atom is -0.378 e. The van der Waals surface area contributed by atoms with E-state index < -0.39 is 0 Å². The quantitative estimate of drug-likeness (QED) is 0.491. The molecule has 0 aliphatic carbocycles. The van der Waals surface area contributed by atoms with Crippen molar-refractivity contribution >= 4 is 49.9 Å². The van der Waals surface area contributed by atoms with Crippen LogP contribution in [0.5, 0.6) is 0 Å². The Balaban J connectivity index is 1.39. The predicted octanol–water partition coefficient (Wildman–Crippen LogP) is 4.53. The van der Waals surface area contributed by atoms with Crippen LogP contribution in [0.3, 0.4) is 0 Å². The predicted molar refractivity (Wildman–Crippen MR) is 124 cm³/mol. The Morgan fingerprint density at radius 2 is 1.94 bits per heavy atom. The van der Waals surface area contributed by atoms with Crippen LogP contribution in [0, 0.1) is 6.92 Å². The first-order valence-electron chi connectivity index (χ1n) is 9.95. The van der Waals surface area contributed by atoms with E-state index in [1.54, 1.807) is 22.9 Å². The Hall–Kier alpha value is -2.94. The number of ether oxygens (including phenoxy) is 1. The number of amides is 1. The second-order valence-electron chi connectivity index (χ2n) is 7.23. The lowest BCUT2D eigenvalue weighted by Crippen LogP contribution is -2.36. The number of rotatable bonds is 4. The van der Waals surface area contributed by atoms with E-state index in [-0.39, 0.29) is 11.1 Å². The fourth-order valence-corrected chi connectivity index (χ4v) is 4.99. The van der Waals surface area contributed by atoms with Crippen LogP contribution in [0.2, 0.25) is 5.15 Å². The van der Waals surface area contributed by atoms with Crippen molar-refractivity contribution in [2.45, 2.75) is 6.92 Å². The minimum atomic E-state index is -0.290. The summed E-state index contributed by atoms with van der Waals surface area (Å²) in [6, 6.07) is 15.2. The van der Waals surface area contributed by atoms with Crippen LogP contribution < -0.4 is 10.2 Å². The summed E-state index contributed by atoms with van der Waals surface area (Å²) in [4.78, 5) is 20.0. The molecule has 2 aromatic carbocycles. The third-order valence-electron chi connectivity index (χ3n) is 5.15. The lowest BCUT2D eigenvalue weighted by atomic mass is 10.2. The van der Waals surface area contributed by atoms with Gasteiger partial charge in [0.15, 0.2) is 5.13 Å². The van der Waals surface area contributed by atoms with Gasteiger partial charge in [0, 0.05) is 18.8 Å². The van der Waals surface area contributed by atoms with E-state index in [1.165, 1.54) is 0 Å². The number of fused-ring (bicyclic) bond motifs is 1. The van der Waals surface area contributed by atoms with E-state index >= 15 is 0 Å². The highest BCUT2D eigenvalue weighted by atomic mass is 35.5. The van der Waals surface area contributed by atoms with Crippen LogP contribution in [-0.2, 0) is 4.74 Å². The molecule has 4 aromatic rings. The maximum Gasteiger partial charge on any atom is 0.260 e. The molecular formula is C22H20ClN5O2S. The standard InChI is InChI=1S/C22H20ClN5O2S/c1-14-19(20(23)28(26-14)16-5-3-2-4-6-16)21(29)24-15-7-8-17-18(13-15)31-22(25-17)27-9-11-30-12-10-27/h2-8,13H,9-12H2,1H3,(H,24,29). The number of aromatic nitrogens is 3. The van der Waals surface area contributed by atoms with Crippen LogP contribution in [-0.4, -0.2) is 47.0 Å². The number of morpholine rings is 1. The van der Waals surface area contributed by atoms with E-state index in [4.69, 9.17) is 21.3 Å². The normalized spacial score (nSPS) is 14.2. The molecule has 0 radical (unpaired) electrons. The minimum absolute atomic E-state index is 0.287. The van der Waals surface area contributed by atoms with Gasteiger partial charge in [-0.05, 0) is 37.3 Å². The van der Waals surface area contributed by atoms with E-state index in [9.17, 15) is 4.79 Å². The molecule has 0 bridgehead atoms. The number of hydrogen-bond donors (Lipinski definition) is 1. The molecule has 1 amide bonds. The molecule has 0 spiro atoms. The Morgan fingerprint density at radius 1 is 1.16 bits per heavy atom. The summed E-state index contributed by atoms with van der Waals surface area (Å²) >= 11 is 8.14. The van der Waals surface area contributed by atoms with Crippen molar-refractivity contribution < 1.29 is 9.53 Å². The third-order valence-corrected chi connectivity index (χ3v) is 6.58. The van der Waals surface area contributed by atoms with Crippen molar-refractivity contribution in [3.63, 3.8) is 0 Å². The first-order valence-corrected chi connectivity index (χ1v) is 11.1. The second-order valence-corrected chi connectivity index (χ2v) is 8.60. The second kappa shape index (κ2) is 8.30. The number of nitrogens with one attached hydrogen (secondary N) is 1. The average Bonchev–Trinajstić information content (AvgIpc) is 3.35. The van der Waals surface area contributed by atoms with Crippen LogP contribution in [0.15, 0.2) is 48.5 Å². The molecule has 5 rings (SSSR count). The molecule has 158 valence electrons. The molecule has 7 nitrogen and oxygen atoms in total. The number of nitrogens with zero attached hydrogens (tertiary/aromatic N) is 4. The molecule has 1 fully saturated rings. The van der Waals surface area contributed by atoms with Crippen molar-refractivity contribution in [3.05, 3.63) is 64.9 Å². The van der Waals surface area contributed by atoms with Gasteiger partial charge in [-0.3, -0.25) is 4.79 Å². The van der Waals surface area contributed by atoms with Crippen molar-refractivity contribution in [1.82, 2.24) is 14.8 Å². The average molecular weight is 454 g/mol. The SMILES string of the molecule is Cc1nn(-c2ccccc2)c(Cl)c1C(=O)Nc1ccc2nc(N3CCOCC3)sc2c1. The van der Waals surface area contributed by atoms with E-state index in [2.05, 4.69) is 15.3 Å². The topological polar surface area (TPSA) is 72.3 Å². The van der Waals surface area contributed by atoms with E-state index in [0.717, 1.165) is 34.1 Å². The number of hydrogen-bond acceptors (Lipinski definition) is 6.